The fraction of sp³-hybridized carbons (Fsp3) is 0.0909. The van der Waals surface area contributed by atoms with Crippen molar-refractivity contribution in [3.05, 3.63) is 100.0 Å². The van der Waals surface area contributed by atoms with Crippen LogP contribution in [0.3, 0.4) is 0 Å². The lowest BCUT2D eigenvalue weighted by Crippen LogP contribution is -2.10. The number of hydrogen-bond acceptors (Lipinski definition) is 3. The average molecular weight is 358 g/mol. The first kappa shape index (κ1) is 16.6. The molecule has 26 heavy (non-hydrogen) atoms. The molecule has 0 radical (unpaired) electrons. The van der Waals surface area contributed by atoms with Crippen LogP contribution in [0.5, 0.6) is 0 Å². The van der Waals surface area contributed by atoms with Gasteiger partial charge in [-0.25, -0.2) is 4.98 Å². The molecule has 3 aromatic carbocycles. The van der Waals surface area contributed by atoms with Gasteiger partial charge in [0.2, 0.25) is 0 Å². The number of H-pyrrole nitrogens is 1. The molecule has 0 saturated carbocycles. The summed E-state index contributed by atoms with van der Waals surface area (Å²) >= 11 is 1.52. The molecule has 0 spiro atoms. The first-order chi connectivity index (χ1) is 12.7. The second-order valence-electron chi connectivity index (χ2n) is 6.24. The monoisotopic (exact) mass is 358 g/mol. The van der Waals surface area contributed by atoms with Crippen LogP contribution in [0, 0.1) is 6.92 Å². The van der Waals surface area contributed by atoms with Crippen LogP contribution in [0.25, 0.3) is 10.8 Å². The maximum atomic E-state index is 12.1. The summed E-state index contributed by atoms with van der Waals surface area (Å²) < 4.78 is 0. The number of nitrogens with zero attached hydrogens (tertiary/aromatic N) is 1. The molecule has 0 saturated heterocycles. The van der Waals surface area contributed by atoms with Crippen molar-refractivity contribution in [2.75, 3.05) is 0 Å². The van der Waals surface area contributed by atoms with Gasteiger partial charge in [-0.15, -0.1) is 0 Å². The van der Waals surface area contributed by atoms with Gasteiger partial charge in [0.1, 0.15) is 0 Å². The zero-order valence-electron chi connectivity index (χ0n) is 14.4. The van der Waals surface area contributed by atoms with Crippen molar-refractivity contribution in [2.45, 2.75) is 23.4 Å². The molecule has 3 nitrogen and oxygen atoms in total. The van der Waals surface area contributed by atoms with Gasteiger partial charge in [-0.05, 0) is 28.8 Å². The first-order valence-electron chi connectivity index (χ1n) is 8.49. The van der Waals surface area contributed by atoms with Crippen LogP contribution in [0.2, 0.25) is 0 Å². The average Bonchev–Trinajstić information content (AvgIpc) is 2.64. The Hall–Kier alpha value is -2.85. The lowest BCUT2D eigenvalue weighted by Gasteiger charge is -2.10. The normalized spacial score (nSPS) is 11.0. The van der Waals surface area contributed by atoms with E-state index in [1.165, 1.54) is 28.1 Å². The van der Waals surface area contributed by atoms with Crippen molar-refractivity contribution in [3.8, 4) is 0 Å². The molecule has 128 valence electrons. The van der Waals surface area contributed by atoms with E-state index in [1.807, 2.05) is 42.5 Å². The largest absolute Gasteiger partial charge is 0.301 e. The molecule has 1 heterocycles. The van der Waals surface area contributed by atoms with Gasteiger partial charge in [0, 0.05) is 17.4 Å². The minimum Gasteiger partial charge on any atom is -0.301 e. The van der Waals surface area contributed by atoms with Crippen LogP contribution in [-0.2, 0) is 6.42 Å². The van der Waals surface area contributed by atoms with Crippen LogP contribution in [0.1, 0.15) is 16.8 Å². The zero-order valence-corrected chi connectivity index (χ0v) is 15.2. The van der Waals surface area contributed by atoms with E-state index in [2.05, 4.69) is 41.2 Å². The Balaban J connectivity index is 1.71. The van der Waals surface area contributed by atoms with Crippen molar-refractivity contribution in [1.29, 1.82) is 0 Å². The summed E-state index contributed by atoms with van der Waals surface area (Å²) in [6.45, 7) is 2.08. The predicted octanol–water partition coefficient (Wildman–Crippen LogP) is 4.97. The molecule has 0 unspecified atom stereocenters. The summed E-state index contributed by atoms with van der Waals surface area (Å²) in [6.07, 6.45) is 0.646. The van der Waals surface area contributed by atoms with E-state index in [4.69, 9.17) is 0 Å². The molecule has 1 N–H and O–H groups in total. The smallest absolute Gasteiger partial charge is 0.251 e. The molecule has 0 aliphatic rings. The van der Waals surface area contributed by atoms with Gasteiger partial charge in [-0.2, -0.15) is 0 Å². The Morgan fingerprint density at radius 1 is 0.962 bits per heavy atom. The molecule has 0 aliphatic carbocycles. The highest BCUT2D eigenvalue weighted by Gasteiger charge is 2.10. The zero-order chi connectivity index (χ0) is 17.9. The Bertz CT molecular complexity index is 1120. The Labute approximate surface area is 156 Å². The molecule has 4 heteroatoms. The lowest BCUT2D eigenvalue weighted by molar-refractivity contribution is 0.880. The maximum absolute atomic E-state index is 12.1. The van der Waals surface area contributed by atoms with E-state index >= 15 is 0 Å². The number of nitrogens with one attached hydrogen (secondary N) is 1. The quantitative estimate of drug-likeness (QED) is 0.524. The maximum Gasteiger partial charge on any atom is 0.251 e. The molecule has 0 atom stereocenters. The molecular weight excluding hydrogens is 340 g/mol. The number of aromatic nitrogens is 2. The summed E-state index contributed by atoms with van der Waals surface area (Å²) in [5.74, 6) is 0. The highest BCUT2D eigenvalue weighted by atomic mass is 32.2. The molecular formula is C22H18N2OS. The van der Waals surface area contributed by atoms with E-state index in [0.29, 0.717) is 11.6 Å². The fourth-order valence-electron chi connectivity index (χ4n) is 3.01. The van der Waals surface area contributed by atoms with Crippen molar-refractivity contribution in [1.82, 2.24) is 9.97 Å². The molecule has 0 bridgehead atoms. The molecule has 0 aliphatic heterocycles. The van der Waals surface area contributed by atoms with Crippen LogP contribution in [0.4, 0.5) is 0 Å². The number of hydrogen-bond donors (Lipinski definition) is 1. The van der Waals surface area contributed by atoms with Crippen LogP contribution < -0.4 is 5.56 Å². The standard InChI is InChI=1S/C22H18N2OS/c1-15-11-12-17-9-5-6-10-19(17)21(15)26-22-23-18(14-20(25)24-22)13-16-7-3-2-4-8-16/h2-12,14H,13H2,1H3,(H,23,24,25). The number of aromatic amines is 1. The molecule has 4 rings (SSSR count). The summed E-state index contributed by atoms with van der Waals surface area (Å²) in [5.41, 5.74) is 2.97. The van der Waals surface area contributed by atoms with Crippen molar-refractivity contribution in [2.24, 2.45) is 0 Å². The number of benzene rings is 3. The summed E-state index contributed by atoms with van der Waals surface area (Å²) in [4.78, 5) is 20.8. The first-order valence-corrected chi connectivity index (χ1v) is 9.31. The summed E-state index contributed by atoms with van der Waals surface area (Å²) in [6, 6.07) is 24.2. The number of aryl methyl sites for hydroxylation is 1. The number of fused-ring (bicyclic) bond motifs is 1. The molecule has 1 aromatic heterocycles. The molecule has 0 amide bonds. The molecule has 4 aromatic rings. The van der Waals surface area contributed by atoms with E-state index in [9.17, 15) is 4.79 Å². The number of rotatable bonds is 4. The van der Waals surface area contributed by atoms with E-state index in [1.54, 1.807) is 6.07 Å². The predicted molar refractivity (Wildman–Crippen MR) is 107 cm³/mol. The lowest BCUT2D eigenvalue weighted by atomic mass is 10.1. The van der Waals surface area contributed by atoms with E-state index < -0.39 is 0 Å². The SMILES string of the molecule is Cc1ccc2ccccc2c1Sc1nc(Cc2ccccc2)cc(=O)[nH]1. The topological polar surface area (TPSA) is 45.8 Å². The minimum atomic E-state index is -0.119. The third-order valence-electron chi connectivity index (χ3n) is 4.28. The van der Waals surface area contributed by atoms with Crippen LogP contribution in [-0.4, -0.2) is 9.97 Å². The third-order valence-corrected chi connectivity index (χ3v) is 5.41. The second-order valence-corrected chi connectivity index (χ2v) is 7.24. The van der Waals surface area contributed by atoms with Gasteiger partial charge in [0.25, 0.3) is 5.56 Å². The summed E-state index contributed by atoms with van der Waals surface area (Å²) in [5, 5.41) is 2.99. The fourth-order valence-corrected chi connectivity index (χ4v) is 4.04. The van der Waals surface area contributed by atoms with Gasteiger partial charge in [0.05, 0.1) is 5.69 Å². The Morgan fingerprint density at radius 2 is 1.73 bits per heavy atom. The highest BCUT2D eigenvalue weighted by Crippen LogP contribution is 2.34. The third kappa shape index (κ3) is 3.55. The van der Waals surface area contributed by atoms with Crippen molar-refractivity contribution < 1.29 is 0 Å². The second kappa shape index (κ2) is 7.18. The van der Waals surface area contributed by atoms with Crippen molar-refractivity contribution >= 4 is 22.5 Å². The Morgan fingerprint density at radius 3 is 2.58 bits per heavy atom. The van der Waals surface area contributed by atoms with Gasteiger partial charge in [-0.1, -0.05) is 78.5 Å². The van der Waals surface area contributed by atoms with E-state index in [-0.39, 0.29) is 5.56 Å². The van der Waals surface area contributed by atoms with Gasteiger partial charge in [0.15, 0.2) is 5.16 Å². The summed E-state index contributed by atoms with van der Waals surface area (Å²) in [7, 11) is 0. The van der Waals surface area contributed by atoms with Gasteiger partial charge in [-0.3, -0.25) is 4.79 Å². The minimum absolute atomic E-state index is 0.119. The highest BCUT2D eigenvalue weighted by molar-refractivity contribution is 7.99. The van der Waals surface area contributed by atoms with Crippen LogP contribution >= 0.6 is 11.8 Å². The molecule has 0 fully saturated rings. The van der Waals surface area contributed by atoms with Gasteiger partial charge >= 0.3 is 0 Å². The van der Waals surface area contributed by atoms with Crippen molar-refractivity contribution in [3.63, 3.8) is 0 Å². The van der Waals surface area contributed by atoms with Gasteiger partial charge < -0.3 is 4.98 Å². The van der Waals surface area contributed by atoms with E-state index in [0.717, 1.165) is 16.2 Å². The Kier molecular flexibility index (Phi) is 4.59. The van der Waals surface area contributed by atoms with Crippen LogP contribution in [0.15, 0.2) is 87.6 Å².